The Balaban J connectivity index is 1.01. The van der Waals surface area contributed by atoms with Gasteiger partial charge in [-0.3, -0.25) is 19.2 Å². The highest BCUT2D eigenvalue weighted by atomic mass is 16.2. The number of carbonyl (C=O) groups excluding carboxylic acids is 4. The van der Waals surface area contributed by atoms with Crippen LogP contribution in [0.25, 0.3) is 0 Å². The molecule has 2 aromatic heterocycles. The first kappa shape index (κ1) is 30.6. The molecule has 2 bridgehead atoms. The van der Waals surface area contributed by atoms with Crippen LogP contribution in [0, 0.1) is 10.8 Å². The summed E-state index contributed by atoms with van der Waals surface area (Å²) in [6.07, 6.45) is 11.2. The molecule has 7 rings (SSSR count). The van der Waals surface area contributed by atoms with Crippen molar-refractivity contribution < 1.29 is 28.3 Å². The van der Waals surface area contributed by atoms with Gasteiger partial charge in [0, 0.05) is 51.5 Å². The number of aromatic nitrogens is 2. The molecule has 0 atom stereocenters. The molecule has 2 aromatic carbocycles. The molecule has 2 heterocycles. The minimum atomic E-state index is -0.508. The topological polar surface area (TPSA) is 124 Å². The lowest BCUT2D eigenvalue weighted by Gasteiger charge is -2.51. The van der Waals surface area contributed by atoms with E-state index >= 15 is 0 Å². The molecule has 4 aromatic rings. The maximum atomic E-state index is 13.5. The van der Waals surface area contributed by atoms with Crippen molar-refractivity contribution in [1.29, 1.82) is 0 Å². The number of rotatable bonds is 8. The quantitative estimate of drug-likeness (QED) is 0.213. The first-order valence-corrected chi connectivity index (χ1v) is 15.5. The number of amides is 4. The van der Waals surface area contributed by atoms with Gasteiger partial charge in [0.2, 0.25) is 11.8 Å². The van der Waals surface area contributed by atoms with Crippen molar-refractivity contribution in [1.82, 2.24) is 0 Å². The molecule has 0 unspecified atom stereocenters. The van der Waals surface area contributed by atoms with Gasteiger partial charge in [0.1, 0.15) is 19.8 Å². The Kier molecular flexibility index (Phi) is 8.36. The molecule has 0 saturated heterocycles. The highest BCUT2D eigenvalue weighted by molar-refractivity contribution is 6.05. The molecule has 4 amide bonds. The van der Waals surface area contributed by atoms with Crippen LogP contribution in [-0.4, -0.2) is 23.6 Å². The standard InChI is InChI=1S/C36H36N6O4/c1-41-22-13-29(14-23-41)37-31(43)25-5-9-27(10-6-25)39-33(45)35-15-18-36(19-16-35,20-17-35)34(46)40-28-11-7-26(8-12-28)32(44)38-30-4-3-21-42(2)24-30/h3-14,21-24H,15-20H2,1-2H3,(H2-,38,39,40,43,44,45,46)/p+2. The molecule has 3 fully saturated rings. The van der Waals surface area contributed by atoms with Crippen molar-refractivity contribution >= 4 is 46.4 Å². The third-order valence-electron chi connectivity index (χ3n) is 9.45. The Bertz CT molecular complexity index is 1760. The summed E-state index contributed by atoms with van der Waals surface area (Å²) in [5, 5.41) is 11.9. The predicted octanol–water partition coefficient (Wildman–Crippen LogP) is 4.76. The van der Waals surface area contributed by atoms with Gasteiger partial charge in [0.05, 0.1) is 5.69 Å². The van der Waals surface area contributed by atoms with Crippen LogP contribution in [0.1, 0.15) is 59.2 Å². The first-order chi connectivity index (χ1) is 22.1. The first-order valence-electron chi connectivity index (χ1n) is 15.5. The normalized spacial score (nSPS) is 20.0. The number of aryl methyl sites for hydroxylation is 2. The van der Waals surface area contributed by atoms with Crippen LogP contribution >= 0.6 is 0 Å². The molecule has 4 N–H and O–H groups in total. The summed E-state index contributed by atoms with van der Waals surface area (Å²) in [5.74, 6) is -0.517. The second-order valence-corrected chi connectivity index (χ2v) is 12.5. The molecule has 0 aliphatic heterocycles. The Morgan fingerprint density at radius 1 is 0.500 bits per heavy atom. The van der Waals surface area contributed by atoms with Gasteiger partial charge in [-0.1, -0.05) is 0 Å². The van der Waals surface area contributed by atoms with E-state index in [1.807, 2.05) is 72.3 Å². The van der Waals surface area contributed by atoms with Crippen LogP contribution < -0.4 is 30.4 Å². The number of fused-ring (bicyclic) bond motifs is 3. The molecule has 0 spiro atoms. The van der Waals surface area contributed by atoms with Crippen LogP contribution in [0.5, 0.6) is 0 Å². The van der Waals surface area contributed by atoms with E-state index in [0.717, 1.165) is 0 Å². The summed E-state index contributed by atoms with van der Waals surface area (Å²) in [4.78, 5) is 52.3. The molecule has 0 radical (unpaired) electrons. The Hall–Kier alpha value is -5.38. The minimum absolute atomic E-state index is 0.0336. The molecular formula is C36H38N6O4+2. The van der Waals surface area contributed by atoms with Crippen molar-refractivity contribution in [2.24, 2.45) is 24.9 Å². The highest BCUT2D eigenvalue weighted by Crippen LogP contribution is 2.57. The number of nitrogens with zero attached hydrogens (tertiary/aromatic N) is 2. The minimum Gasteiger partial charge on any atom is -0.326 e. The van der Waals surface area contributed by atoms with Gasteiger partial charge in [-0.2, -0.15) is 0 Å². The number of carbonyl (C=O) groups is 4. The third kappa shape index (κ3) is 6.51. The Labute approximate surface area is 267 Å². The fourth-order valence-electron chi connectivity index (χ4n) is 6.46. The zero-order valence-corrected chi connectivity index (χ0v) is 26.0. The maximum absolute atomic E-state index is 13.5. The molecule has 3 aliphatic carbocycles. The van der Waals surface area contributed by atoms with Gasteiger partial charge in [-0.25, -0.2) is 9.13 Å². The fourth-order valence-corrected chi connectivity index (χ4v) is 6.46. The van der Waals surface area contributed by atoms with E-state index in [2.05, 4.69) is 21.3 Å². The lowest BCUT2D eigenvalue weighted by Crippen LogP contribution is -2.52. The third-order valence-corrected chi connectivity index (χ3v) is 9.45. The van der Waals surface area contributed by atoms with Crippen LogP contribution in [-0.2, 0) is 23.7 Å². The average Bonchev–Trinajstić information content (AvgIpc) is 3.07. The van der Waals surface area contributed by atoms with Crippen LogP contribution in [0.2, 0.25) is 0 Å². The SMILES string of the molecule is C[n+]1ccc(NC(=O)c2ccc(NC(=O)C34CCC(C(=O)Nc5ccc(C(=O)Nc6ccc[n+](C)c6)cc5)(CC3)CC4)cc2)cc1. The van der Waals surface area contributed by atoms with Crippen LogP contribution in [0.4, 0.5) is 22.7 Å². The van der Waals surface area contributed by atoms with Crippen LogP contribution in [0.3, 0.4) is 0 Å². The Morgan fingerprint density at radius 3 is 1.35 bits per heavy atom. The van der Waals surface area contributed by atoms with Crippen molar-refractivity contribution in [3.63, 3.8) is 0 Å². The number of benzene rings is 2. The van der Waals surface area contributed by atoms with Gasteiger partial charge in [0.25, 0.3) is 11.8 Å². The van der Waals surface area contributed by atoms with E-state index in [9.17, 15) is 19.2 Å². The zero-order chi connectivity index (χ0) is 32.3. The number of hydrogen-bond acceptors (Lipinski definition) is 4. The molecule has 10 nitrogen and oxygen atoms in total. The highest BCUT2D eigenvalue weighted by Gasteiger charge is 2.55. The van der Waals surface area contributed by atoms with E-state index in [4.69, 9.17) is 0 Å². The largest absolute Gasteiger partial charge is 0.326 e. The van der Waals surface area contributed by atoms with Gasteiger partial charge >= 0.3 is 0 Å². The molecule has 234 valence electrons. The second kappa shape index (κ2) is 12.5. The summed E-state index contributed by atoms with van der Waals surface area (Å²) in [7, 11) is 3.79. The fraction of sp³-hybridized carbons (Fsp3) is 0.278. The smallest absolute Gasteiger partial charge is 0.255 e. The lowest BCUT2D eigenvalue weighted by molar-refractivity contribution is -0.671. The number of pyridine rings is 2. The van der Waals surface area contributed by atoms with E-state index in [-0.39, 0.29) is 23.6 Å². The van der Waals surface area contributed by atoms with Gasteiger partial charge in [-0.05, 0) is 93.1 Å². The summed E-state index contributed by atoms with van der Waals surface area (Å²) < 4.78 is 3.74. The van der Waals surface area contributed by atoms with Crippen molar-refractivity contribution in [2.75, 3.05) is 21.3 Å². The van der Waals surface area contributed by atoms with E-state index in [1.54, 1.807) is 48.5 Å². The maximum Gasteiger partial charge on any atom is 0.255 e. The summed E-state index contributed by atoms with van der Waals surface area (Å²) in [6.45, 7) is 0. The number of nitrogens with one attached hydrogen (secondary N) is 4. The lowest BCUT2D eigenvalue weighted by atomic mass is 9.53. The van der Waals surface area contributed by atoms with Gasteiger partial charge < -0.3 is 21.3 Å². The summed E-state index contributed by atoms with van der Waals surface area (Å²) in [5.41, 5.74) is 2.65. The summed E-state index contributed by atoms with van der Waals surface area (Å²) in [6, 6.07) is 21.1. The molecule has 10 heteroatoms. The average molecular weight is 619 g/mol. The van der Waals surface area contributed by atoms with Crippen molar-refractivity contribution in [2.45, 2.75) is 38.5 Å². The molecular weight excluding hydrogens is 580 g/mol. The van der Waals surface area contributed by atoms with Crippen molar-refractivity contribution in [3.8, 4) is 0 Å². The zero-order valence-electron chi connectivity index (χ0n) is 26.0. The Morgan fingerprint density at radius 2 is 0.913 bits per heavy atom. The van der Waals surface area contributed by atoms with Crippen molar-refractivity contribution in [3.05, 3.63) is 109 Å². The molecule has 46 heavy (non-hydrogen) atoms. The number of anilines is 4. The second-order valence-electron chi connectivity index (χ2n) is 12.5. The molecule has 3 saturated carbocycles. The van der Waals surface area contributed by atoms with E-state index < -0.39 is 10.8 Å². The van der Waals surface area contributed by atoms with E-state index in [0.29, 0.717) is 72.4 Å². The summed E-state index contributed by atoms with van der Waals surface area (Å²) >= 11 is 0. The monoisotopic (exact) mass is 618 g/mol. The van der Waals surface area contributed by atoms with E-state index in [1.165, 1.54) is 0 Å². The molecule has 3 aliphatic rings. The van der Waals surface area contributed by atoms with Crippen LogP contribution in [0.15, 0.2) is 97.6 Å². The van der Waals surface area contributed by atoms with Gasteiger partial charge in [-0.15, -0.1) is 0 Å². The van der Waals surface area contributed by atoms with Gasteiger partial charge in [0.15, 0.2) is 24.8 Å². The predicted molar refractivity (Wildman–Crippen MR) is 174 cm³/mol. The number of hydrogen-bond donors (Lipinski definition) is 4.